The molecule has 0 saturated heterocycles. The summed E-state index contributed by atoms with van der Waals surface area (Å²) in [7, 11) is 0. The van der Waals surface area contributed by atoms with Gasteiger partial charge in [0, 0.05) is 0 Å². The van der Waals surface area contributed by atoms with Crippen LogP contribution in [0.15, 0.2) is 12.7 Å². The zero-order chi connectivity index (χ0) is 10.1. The van der Waals surface area contributed by atoms with Crippen molar-refractivity contribution in [3.05, 3.63) is 12.7 Å². The summed E-state index contributed by atoms with van der Waals surface area (Å²) in [4.78, 5) is 0. The van der Waals surface area contributed by atoms with Crippen LogP contribution in [0.1, 0.15) is 44.9 Å². The minimum absolute atomic E-state index is 0.427. The molecule has 0 aliphatic heterocycles. The summed E-state index contributed by atoms with van der Waals surface area (Å²) >= 11 is 0. The first-order chi connectivity index (χ1) is 6.93. The van der Waals surface area contributed by atoms with E-state index in [2.05, 4.69) is 6.58 Å². The SMILES string of the molecule is C=CCOCOC1CCCCCCC1. The number of ether oxygens (including phenoxy) is 2. The van der Waals surface area contributed by atoms with Gasteiger partial charge in [-0.3, -0.25) is 0 Å². The normalized spacial score (nSPS) is 20.0. The highest BCUT2D eigenvalue weighted by molar-refractivity contribution is 4.64. The Labute approximate surface area is 87.3 Å². The van der Waals surface area contributed by atoms with E-state index in [1.54, 1.807) is 6.08 Å². The van der Waals surface area contributed by atoms with Gasteiger partial charge in [-0.05, 0) is 12.8 Å². The lowest BCUT2D eigenvalue weighted by Gasteiger charge is -2.19. The van der Waals surface area contributed by atoms with E-state index < -0.39 is 0 Å². The average molecular weight is 198 g/mol. The standard InChI is InChI=1S/C12H22O2/c1-2-10-13-11-14-12-8-6-4-3-5-7-9-12/h2,12H,1,3-11H2. The Morgan fingerprint density at radius 3 is 2.36 bits per heavy atom. The van der Waals surface area contributed by atoms with Gasteiger partial charge in [0.05, 0.1) is 12.7 Å². The van der Waals surface area contributed by atoms with Crippen LogP contribution in [0, 0.1) is 0 Å². The van der Waals surface area contributed by atoms with Gasteiger partial charge in [0.15, 0.2) is 0 Å². The molecule has 0 N–H and O–H groups in total. The van der Waals surface area contributed by atoms with Gasteiger partial charge >= 0.3 is 0 Å². The maximum absolute atomic E-state index is 5.65. The Morgan fingerprint density at radius 2 is 1.71 bits per heavy atom. The molecule has 1 fully saturated rings. The molecule has 0 amide bonds. The Morgan fingerprint density at radius 1 is 1.07 bits per heavy atom. The van der Waals surface area contributed by atoms with Gasteiger partial charge < -0.3 is 9.47 Å². The molecule has 0 bridgehead atoms. The highest BCUT2D eigenvalue weighted by Gasteiger charge is 2.10. The molecule has 2 heteroatoms. The second kappa shape index (κ2) is 8.01. The van der Waals surface area contributed by atoms with Gasteiger partial charge in [-0.2, -0.15) is 0 Å². The number of rotatable bonds is 5. The van der Waals surface area contributed by atoms with Gasteiger partial charge in [-0.1, -0.05) is 38.2 Å². The molecule has 1 aliphatic rings. The van der Waals surface area contributed by atoms with Crippen LogP contribution in [0.3, 0.4) is 0 Å². The molecule has 0 spiro atoms. The summed E-state index contributed by atoms with van der Waals surface area (Å²) in [5.74, 6) is 0. The molecular weight excluding hydrogens is 176 g/mol. The predicted octanol–water partition coefficient (Wildman–Crippen LogP) is 3.28. The summed E-state index contributed by atoms with van der Waals surface area (Å²) in [6.07, 6.45) is 11.4. The van der Waals surface area contributed by atoms with E-state index in [4.69, 9.17) is 9.47 Å². The molecule has 1 aliphatic carbocycles. The van der Waals surface area contributed by atoms with Crippen molar-refractivity contribution >= 4 is 0 Å². The van der Waals surface area contributed by atoms with Gasteiger partial charge in [0.25, 0.3) is 0 Å². The van der Waals surface area contributed by atoms with Crippen molar-refractivity contribution in [2.75, 3.05) is 13.4 Å². The fraction of sp³-hybridized carbons (Fsp3) is 0.833. The second-order valence-electron chi connectivity index (χ2n) is 3.91. The zero-order valence-corrected chi connectivity index (χ0v) is 9.04. The lowest BCUT2D eigenvalue weighted by molar-refractivity contribution is -0.0882. The van der Waals surface area contributed by atoms with E-state index in [0.29, 0.717) is 19.5 Å². The molecule has 82 valence electrons. The monoisotopic (exact) mass is 198 g/mol. The first kappa shape index (κ1) is 11.7. The summed E-state index contributed by atoms with van der Waals surface area (Å²) in [6, 6.07) is 0. The summed E-state index contributed by atoms with van der Waals surface area (Å²) in [5.41, 5.74) is 0. The third-order valence-electron chi connectivity index (χ3n) is 2.67. The fourth-order valence-corrected chi connectivity index (χ4v) is 1.86. The second-order valence-corrected chi connectivity index (χ2v) is 3.91. The van der Waals surface area contributed by atoms with E-state index >= 15 is 0 Å². The lowest BCUT2D eigenvalue weighted by atomic mass is 9.99. The topological polar surface area (TPSA) is 18.5 Å². The maximum Gasteiger partial charge on any atom is 0.147 e. The minimum Gasteiger partial charge on any atom is -0.352 e. The highest BCUT2D eigenvalue weighted by Crippen LogP contribution is 2.19. The van der Waals surface area contributed by atoms with Crippen molar-refractivity contribution < 1.29 is 9.47 Å². The average Bonchev–Trinajstić information content (AvgIpc) is 2.15. The highest BCUT2D eigenvalue weighted by atomic mass is 16.7. The van der Waals surface area contributed by atoms with Crippen molar-refractivity contribution in [1.29, 1.82) is 0 Å². The summed E-state index contributed by atoms with van der Waals surface area (Å²) in [6.45, 7) is 4.61. The zero-order valence-electron chi connectivity index (χ0n) is 9.04. The van der Waals surface area contributed by atoms with Gasteiger partial charge in [-0.15, -0.1) is 6.58 Å². The molecule has 0 heterocycles. The quantitative estimate of drug-likeness (QED) is 0.383. The van der Waals surface area contributed by atoms with Gasteiger partial charge in [0.1, 0.15) is 6.79 Å². The van der Waals surface area contributed by atoms with Crippen LogP contribution in [0.2, 0.25) is 0 Å². The molecule has 0 atom stereocenters. The minimum atomic E-state index is 0.427. The third kappa shape index (κ3) is 5.40. The van der Waals surface area contributed by atoms with E-state index in [0.717, 1.165) is 0 Å². The van der Waals surface area contributed by atoms with Crippen LogP contribution in [0.4, 0.5) is 0 Å². The molecule has 0 radical (unpaired) electrons. The van der Waals surface area contributed by atoms with Crippen LogP contribution < -0.4 is 0 Å². The molecule has 0 unspecified atom stereocenters. The fourth-order valence-electron chi connectivity index (χ4n) is 1.86. The molecule has 1 rings (SSSR count). The van der Waals surface area contributed by atoms with Crippen molar-refractivity contribution in [3.63, 3.8) is 0 Å². The van der Waals surface area contributed by atoms with Crippen LogP contribution in [0.5, 0.6) is 0 Å². The number of hydrogen-bond donors (Lipinski definition) is 0. The Hall–Kier alpha value is -0.340. The molecule has 1 saturated carbocycles. The van der Waals surface area contributed by atoms with Crippen LogP contribution >= 0.6 is 0 Å². The smallest absolute Gasteiger partial charge is 0.147 e. The molecule has 0 aromatic heterocycles. The van der Waals surface area contributed by atoms with Gasteiger partial charge in [0.2, 0.25) is 0 Å². The first-order valence-corrected chi connectivity index (χ1v) is 5.73. The van der Waals surface area contributed by atoms with Crippen LogP contribution in [-0.4, -0.2) is 19.5 Å². The van der Waals surface area contributed by atoms with E-state index in [1.807, 2.05) is 0 Å². The van der Waals surface area contributed by atoms with Crippen molar-refractivity contribution in [3.8, 4) is 0 Å². The molecule has 0 aromatic carbocycles. The number of hydrogen-bond acceptors (Lipinski definition) is 2. The predicted molar refractivity (Wildman–Crippen MR) is 58.2 cm³/mol. The van der Waals surface area contributed by atoms with E-state index in [-0.39, 0.29) is 0 Å². The molecule has 2 nitrogen and oxygen atoms in total. The molecule has 0 aromatic rings. The van der Waals surface area contributed by atoms with Crippen molar-refractivity contribution in [1.82, 2.24) is 0 Å². The molecular formula is C12H22O2. The van der Waals surface area contributed by atoms with Crippen LogP contribution in [0.25, 0.3) is 0 Å². The first-order valence-electron chi connectivity index (χ1n) is 5.73. The van der Waals surface area contributed by atoms with Gasteiger partial charge in [-0.25, -0.2) is 0 Å². The van der Waals surface area contributed by atoms with E-state index in [1.165, 1.54) is 44.9 Å². The Balaban J connectivity index is 2.04. The third-order valence-corrected chi connectivity index (χ3v) is 2.67. The molecule has 14 heavy (non-hydrogen) atoms. The lowest BCUT2D eigenvalue weighted by Crippen LogP contribution is -2.16. The van der Waals surface area contributed by atoms with Crippen molar-refractivity contribution in [2.45, 2.75) is 51.0 Å². The Kier molecular flexibility index (Phi) is 6.71. The summed E-state index contributed by atoms with van der Waals surface area (Å²) in [5, 5.41) is 0. The largest absolute Gasteiger partial charge is 0.352 e. The van der Waals surface area contributed by atoms with Crippen molar-refractivity contribution in [2.24, 2.45) is 0 Å². The van der Waals surface area contributed by atoms with E-state index in [9.17, 15) is 0 Å². The van der Waals surface area contributed by atoms with Crippen LogP contribution in [-0.2, 0) is 9.47 Å². The Bertz CT molecular complexity index is 137. The maximum atomic E-state index is 5.65. The summed E-state index contributed by atoms with van der Waals surface area (Å²) < 4.78 is 10.9.